The number of pyridine rings is 4. The molecule has 0 radical (unpaired) electrons. The summed E-state index contributed by atoms with van der Waals surface area (Å²) >= 11 is 1.30. The number of aliphatic hydroxyl groups excluding tert-OH is 16. The van der Waals surface area contributed by atoms with Gasteiger partial charge in [-0.25, -0.2) is 4.58 Å². The Bertz CT molecular complexity index is 3370. The van der Waals surface area contributed by atoms with Crippen molar-refractivity contribution < 1.29 is 162 Å². The summed E-state index contributed by atoms with van der Waals surface area (Å²) < 4.78 is 78.4. The molecule has 17 N–H and O–H groups in total. The van der Waals surface area contributed by atoms with E-state index >= 15 is 0 Å². The summed E-state index contributed by atoms with van der Waals surface area (Å²) in [5.74, 6) is 0.609. The number of aliphatic imine (C=N–C) groups is 1. The summed E-state index contributed by atoms with van der Waals surface area (Å²) in [6.45, 7) is 5.12. The lowest BCUT2D eigenvalue weighted by atomic mass is 9.92. The molecule has 4 aromatic rings. The van der Waals surface area contributed by atoms with Crippen molar-refractivity contribution in [3.8, 4) is 0 Å². The number of aromatic nitrogens is 4. The van der Waals surface area contributed by atoms with Gasteiger partial charge in [-0.15, -0.1) is 25.8 Å². The fourth-order valence-corrected chi connectivity index (χ4v) is 13.8. The number of hydrogen-bond acceptors (Lipinski definition) is 42. The first-order valence-electron chi connectivity index (χ1n) is 40.9. The molecular formula is C78H120N16O29S+4. The minimum atomic E-state index is -1.45. The molecule has 24 unspecified atom stereocenters. The predicted molar refractivity (Wildman–Crippen MR) is 432 cm³/mol. The minimum Gasteiger partial charge on any atom is -0.394 e. The molecule has 0 aliphatic carbocycles. The van der Waals surface area contributed by atoms with E-state index in [-0.39, 0.29) is 51.0 Å². The first kappa shape index (κ1) is 101. The number of thioether (sulfide) groups is 1. The SMILES string of the molecule is OCC1OC(CCCCOC[N+]2=CC(COCc3ccccn3)N=C2)C(O)C(O)C1O.OCC1OC(NCCCOC[N+]2=CC(COCc3ccccn3)N=N2)C(O)C(O)C1O.OCC1OC(OCCCOC[N+]2=CC(COCc3ccccn3)N=N2)C(O)C(O)C1O.OCC1OC(SCCCOC[N+]2=CC(COCc3ccccn3)N=N2)C(O)C(O)C1O. The van der Waals surface area contributed by atoms with Crippen LogP contribution in [0.25, 0.3) is 0 Å². The first-order valence-corrected chi connectivity index (χ1v) is 42.0. The third-order valence-electron chi connectivity index (χ3n) is 19.6. The molecule has 0 spiro atoms. The smallest absolute Gasteiger partial charge is 0.282 e. The van der Waals surface area contributed by atoms with Gasteiger partial charge in [-0.05, 0) is 99.4 Å². The second-order valence-corrected chi connectivity index (χ2v) is 30.5. The van der Waals surface area contributed by atoms with Crippen molar-refractivity contribution in [3.63, 3.8) is 0 Å². The molecule has 12 heterocycles. The summed E-state index contributed by atoms with van der Waals surface area (Å²) in [5, 5.41) is 182. The highest BCUT2D eigenvalue weighted by Gasteiger charge is 2.47. The number of aliphatic hydroxyl groups is 16. The molecule has 8 aliphatic heterocycles. The lowest BCUT2D eigenvalue weighted by Crippen LogP contribution is -2.62. The van der Waals surface area contributed by atoms with Crippen LogP contribution in [0.5, 0.6) is 0 Å². The van der Waals surface area contributed by atoms with Gasteiger partial charge in [-0.3, -0.25) is 25.3 Å². The van der Waals surface area contributed by atoms with Gasteiger partial charge < -0.3 is 143 Å². The molecule has 4 fully saturated rings. The van der Waals surface area contributed by atoms with Crippen molar-refractivity contribution in [1.82, 2.24) is 25.3 Å². The fourth-order valence-electron chi connectivity index (χ4n) is 12.7. The van der Waals surface area contributed by atoms with E-state index < -0.39 is 148 Å². The predicted octanol–water partition coefficient (Wildman–Crippen LogP) is -4.80. The summed E-state index contributed by atoms with van der Waals surface area (Å²) in [7, 11) is 0. The van der Waals surface area contributed by atoms with Crippen molar-refractivity contribution in [2.45, 2.75) is 211 Å². The monoisotopic (exact) mass is 1780 g/mol. The second kappa shape index (κ2) is 56.3. The highest BCUT2D eigenvalue weighted by molar-refractivity contribution is 7.99. The van der Waals surface area contributed by atoms with Crippen LogP contribution >= 0.6 is 11.8 Å². The molecule has 0 aromatic carbocycles. The Morgan fingerprint density at radius 1 is 0.363 bits per heavy atom. The van der Waals surface area contributed by atoms with Crippen LogP contribution in [0, 0.1) is 0 Å². The number of nitrogens with zero attached hydrogens (tertiary/aromatic N) is 15. The molecule has 0 bridgehead atoms. The van der Waals surface area contributed by atoms with E-state index in [1.54, 1.807) is 45.2 Å². The van der Waals surface area contributed by atoms with Crippen molar-refractivity contribution in [2.24, 2.45) is 36.0 Å². The van der Waals surface area contributed by atoms with Gasteiger partial charge in [0.05, 0.1) is 121 Å². The number of unbranched alkanes of at least 4 members (excludes halogenated alkanes) is 1. The molecule has 4 saturated heterocycles. The van der Waals surface area contributed by atoms with Crippen LogP contribution in [-0.2, 0) is 88.0 Å². The second-order valence-electron chi connectivity index (χ2n) is 29.3. The molecule has 4 aromatic heterocycles. The van der Waals surface area contributed by atoms with Crippen molar-refractivity contribution in [1.29, 1.82) is 0 Å². The van der Waals surface area contributed by atoms with Gasteiger partial charge in [-0.2, -0.15) is 0 Å². The summed E-state index contributed by atoms with van der Waals surface area (Å²) in [5.41, 5.74) is 2.73. The van der Waals surface area contributed by atoms with Crippen LogP contribution in [0.1, 0.15) is 61.3 Å². The van der Waals surface area contributed by atoms with E-state index in [4.69, 9.17) is 66.7 Å². The Hall–Kier alpha value is -7.10. The zero-order valence-electron chi connectivity index (χ0n) is 68.6. The highest BCUT2D eigenvalue weighted by atomic mass is 32.2. The Morgan fingerprint density at radius 2 is 0.766 bits per heavy atom. The largest absolute Gasteiger partial charge is 0.394 e. The lowest BCUT2D eigenvalue weighted by Gasteiger charge is -2.40. The first-order chi connectivity index (χ1) is 60.3. The fraction of sp³-hybridized carbons (Fsp3) is 0.679. The van der Waals surface area contributed by atoms with E-state index in [1.807, 2.05) is 102 Å². The molecule has 46 heteroatoms. The Kier molecular flexibility index (Phi) is 45.7. The van der Waals surface area contributed by atoms with E-state index in [1.165, 1.54) is 11.8 Å². The maximum absolute atomic E-state index is 10.0. The number of ether oxygens (including phenoxy) is 13. The van der Waals surface area contributed by atoms with Crippen LogP contribution in [-0.4, -0.2) is 422 Å². The normalized spacial score (nSPS) is 30.5. The molecule has 24 atom stereocenters. The average molecular weight is 1780 g/mol. The standard InChI is InChI=1S/C21H32N3O7.C19H30N5O7.C19H29N4O8.C19H29N4O7S/c25-10-18-20(27)21(28)19(26)17(31-18)6-2-4-8-29-14-24-9-16(23-13-24)12-30-11-15-5-1-3-7-22-15;25-9-15-16(26)17(27)18(28)19(31-15)21-6-3-7-29-12-24-8-14(22-23-24)11-30-10-13-4-1-2-5-20-13;24-9-15-16(25)17(26)18(27)19(31-15)30-7-3-6-28-12-23-8-14(21-22-23)11-29-10-13-4-1-2-5-20-13;24-9-15-16(25)17(26)18(27)19(30-15)31-7-3-6-28-12-23-8-14(21-22-23)11-29-10-13-4-1-2-5-20-13/h1,3,5,7,9,13,16-21,25-28H,2,4,6,8,10-12,14H2;1-2,4-5,8,14-19,21,25-28H,3,6-7,9-12H2;2*1-2,4-5,8,14-19,24-27H,3,6-7,9-12H2/q4*+1. The topological polar surface area (TPSA) is 606 Å². The van der Waals surface area contributed by atoms with Gasteiger partial charge >= 0.3 is 0 Å². The van der Waals surface area contributed by atoms with Crippen LogP contribution in [0.3, 0.4) is 0 Å². The molecule has 0 amide bonds. The average Bonchev–Trinajstić information content (AvgIpc) is 0.963. The Morgan fingerprint density at radius 3 is 1.24 bits per heavy atom. The van der Waals surface area contributed by atoms with Crippen LogP contribution in [0.15, 0.2) is 134 Å². The van der Waals surface area contributed by atoms with E-state index in [9.17, 15) is 76.6 Å². The number of rotatable bonds is 48. The van der Waals surface area contributed by atoms with Gasteiger partial charge in [0, 0.05) is 40.1 Å². The third-order valence-corrected chi connectivity index (χ3v) is 20.8. The Labute approximate surface area is 719 Å². The van der Waals surface area contributed by atoms with Gasteiger partial charge in [0.25, 0.3) is 6.34 Å². The third kappa shape index (κ3) is 34.2. The minimum absolute atomic E-state index is 0.0431. The van der Waals surface area contributed by atoms with Gasteiger partial charge in [-0.1, -0.05) is 29.3 Å². The highest BCUT2D eigenvalue weighted by Crippen LogP contribution is 2.30. The number of nitrogens with one attached hydrogen (secondary N) is 1. The maximum Gasteiger partial charge on any atom is 0.282 e. The molecule has 8 aliphatic rings. The molecule has 124 heavy (non-hydrogen) atoms. The summed E-state index contributed by atoms with van der Waals surface area (Å²) in [4.78, 5) is 21.2. The quantitative estimate of drug-likeness (QED) is 0.0146. The Balaban J connectivity index is 0.000000187. The van der Waals surface area contributed by atoms with E-state index in [2.05, 4.69) is 61.3 Å². The molecular weight excluding hydrogens is 1660 g/mol. The van der Waals surface area contributed by atoms with Crippen molar-refractivity contribution >= 4 is 43.0 Å². The van der Waals surface area contributed by atoms with Crippen LogP contribution in [0.2, 0.25) is 0 Å². The molecule has 0 saturated carbocycles. The molecule has 45 nitrogen and oxygen atoms in total. The summed E-state index contributed by atoms with van der Waals surface area (Å²) in [6, 6.07) is 22.1. The zero-order chi connectivity index (χ0) is 88.2. The molecule has 688 valence electrons. The molecule has 12 rings (SSSR count). The lowest BCUT2D eigenvalue weighted by molar-refractivity contribution is -0.572. The van der Waals surface area contributed by atoms with Crippen LogP contribution in [0.4, 0.5) is 0 Å². The van der Waals surface area contributed by atoms with Gasteiger partial charge in [0.15, 0.2) is 13.0 Å². The summed E-state index contributed by atoms with van der Waals surface area (Å²) in [6.07, 6.45) is -2.56. The van der Waals surface area contributed by atoms with E-state index in [0.717, 1.165) is 29.2 Å². The zero-order valence-corrected chi connectivity index (χ0v) is 69.4. The van der Waals surface area contributed by atoms with Gasteiger partial charge in [0.2, 0.25) is 44.4 Å². The van der Waals surface area contributed by atoms with Crippen molar-refractivity contribution in [3.05, 3.63) is 120 Å². The maximum atomic E-state index is 10.0. The van der Waals surface area contributed by atoms with Crippen molar-refractivity contribution in [2.75, 3.05) is 125 Å². The van der Waals surface area contributed by atoms with E-state index in [0.29, 0.717) is 130 Å². The van der Waals surface area contributed by atoms with Gasteiger partial charge in [0.1, 0.15) is 170 Å². The van der Waals surface area contributed by atoms with Crippen LogP contribution < -0.4 is 5.32 Å². The number of hydrogen-bond donors (Lipinski definition) is 17.